The number of thiophene rings is 6. The second-order valence-electron chi connectivity index (χ2n) is 12.7. The van der Waals surface area contributed by atoms with E-state index in [1.54, 1.807) is 12.1 Å². The van der Waals surface area contributed by atoms with Crippen LogP contribution in [0.15, 0.2) is 109 Å². The van der Waals surface area contributed by atoms with E-state index in [4.69, 9.17) is 0 Å². The minimum atomic E-state index is -0.342. The van der Waals surface area contributed by atoms with Crippen molar-refractivity contribution in [2.45, 2.75) is 0 Å². The van der Waals surface area contributed by atoms with Crippen molar-refractivity contribution in [2.75, 3.05) is 0 Å². The molecule has 0 N–H and O–H groups in total. The summed E-state index contributed by atoms with van der Waals surface area (Å²) in [7, 11) is 0. The number of hydrogen-bond donors (Lipinski definition) is 0. The maximum Gasteiger partial charge on any atom is 0.146 e. The highest BCUT2D eigenvalue weighted by atomic mass is 32.1. The maximum absolute atomic E-state index is 16.0. The largest absolute Gasteiger partial charge is 0.205 e. The Labute approximate surface area is 353 Å². The topological polar surface area (TPSA) is 95.2 Å². The van der Waals surface area contributed by atoms with E-state index in [9.17, 15) is 21.0 Å². The van der Waals surface area contributed by atoms with Gasteiger partial charge in [0.1, 0.15) is 47.1 Å². The first-order valence-corrected chi connectivity index (χ1v) is 22.2. The van der Waals surface area contributed by atoms with Crippen molar-refractivity contribution >= 4 is 111 Å². The van der Waals surface area contributed by atoms with Crippen LogP contribution in [0.25, 0.3) is 85.2 Å². The van der Waals surface area contributed by atoms with Gasteiger partial charge in [-0.3, -0.25) is 0 Å². The van der Waals surface area contributed by atoms with E-state index in [0.29, 0.717) is 28.6 Å². The quantitative estimate of drug-likeness (QED) is 0.166. The summed E-state index contributed by atoms with van der Waals surface area (Å²) in [5.41, 5.74) is 4.12. The predicted molar refractivity (Wildman–Crippen MR) is 238 cm³/mol. The lowest BCUT2D eigenvalue weighted by molar-refractivity contribution is 0.636. The van der Waals surface area contributed by atoms with Crippen molar-refractivity contribution in [3.63, 3.8) is 0 Å². The van der Waals surface area contributed by atoms with E-state index >= 15 is 8.78 Å². The molecule has 6 heterocycles. The highest BCUT2D eigenvalue weighted by Crippen LogP contribution is 2.53. The van der Waals surface area contributed by atoms with Gasteiger partial charge in [-0.25, -0.2) is 8.78 Å². The van der Waals surface area contributed by atoms with E-state index < -0.39 is 0 Å². The van der Waals surface area contributed by atoms with Crippen LogP contribution in [-0.4, -0.2) is 0 Å². The van der Waals surface area contributed by atoms with E-state index in [1.807, 2.05) is 85.0 Å². The normalized spacial score (nSPS) is 11.8. The molecule has 4 nitrogen and oxygen atoms in total. The molecule has 3 aromatic carbocycles. The Morgan fingerprint density at radius 1 is 0.466 bits per heavy atom. The van der Waals surface area contributed by atoms with Crippen LogP contribution in [0, 0.1) is 57.0 Å². The molecule has 0 radical (unpaired) electrons. The van der Waals surface area contributed by atoms with Gasteiger partial charge in [-0.2, -0.15) is 21.0 Å². The van der Waals surface area contributed by atoms with Crippen LogP contribution in [0.5, 0.6) is 0 Å². The Morgan fingerprint density at radius 2 is 0.862 bits per heavy atom. The molecule has 9 aromatic rings. The minimum Gasteiger partial charge on any atom is -0.205 e. The smallest absolute Gasteiger partial charge is 0.146 e. The minimum absolute atomic E-state index is 0.0419. The van der Waals surface area contributed by atoms with Gasteiger partial charge in [0.05, 0.1) is 28.2 Å². The molecule has 0 spiro atoms. The van der Waals surface area contributed by atoms with E-state index in [2.05, 4.69) is 36.4 Å². The highest BCUT2D eigenvalue weighted by molar-refractivity contribution is 7.32. The molecule has 0 amide bonds. The van der Waals surface area contributed by atoms with E-state index in [-0.39, 0.29) is 22.8 Å². The van der Waals surface area contributed by atoms with Crippen LogP contribution in [0.4, 0.5) is 8.78 Å². The average Bonchev–Trinajstić information content (AvgIpc) is 4.11. The van der Waals surface area contributed by atoms with Gasteiger partial charge in [-0.05, 0) is 82.9 Å². The molecule has 0 bridgehead atoms. The van der Waals surface area contributed by atoms with Gasteiger partial charge in [0.25, 0.3) is 0 Å². The van der Waals surface area contributed by atoms with Gasteiger partial charge in [-0.15, -0.1) is 68.0 Å². The first-order valence-electron chi connectivity index (χ1n) is 17.3. The molecule has 0 atom stereocenters. The number of halogens is 2. The summed E-state index contributed by atoms with van der Waals surface area (Å²) in [4.78, 5) is 3.97. The fraction of sp³-hybridized carbons (Fsp3) is 0. The lowest BCUT2D eigenvalue weighted by atomic mass is 9.89. The first-order chi connectivity index (χ1) is 28.3. The monoisotopic (exact) mass is 858 g/mol. The van der Waals surface area contributed by atoms with Crippen molar-refractivity contribution in [2.24, 2.45) is 0 Å². The summed E-state index contributed by atoms with van der Waals surface area (Å²) in [6.07, 6.45) is 3.73. The van der Waals surface area contributed by atoms with Crippen molar-refractivity contribution in [3.8, 4) is 66.0 Å². The fourth-order valence-electron chi connectivity index (χ4n) is 6.72. The third-order valence-electron chi connectivity index (χ3n) is 9.21. The molecule has 0 aliphatic carbocycles. The third-order valence-corrected chi connectivity index (χ3v) is 16.2. The summed E-state index contributed by atoms with van der Waals surface area (Å²) < 4.78 is 36.7. The third kappa shape index (κ3) is 6.79. The number of hydrogen-bond acceptors (Lipinski definition) is 10. The molecule has 9 rings (SSSR count). The zero-order valence-electron chi connectivity index (χ0n) is 29.5. The van der Waals surface area contributed by atoms with Crippen molar-refractivity contribution in [1.29, 1.82) is 21.0 Å². The second-order valence-corrected chi connectivity index (χ2v) is 19.2. The van der Waals surface area contributed by atoms with Crippen LogP contribution in [-0.2, 0) is 0 Å². The van der Waals surface area contributed by atoms with Crippen molar-refractivity contribution < 1.29 is 8.78 Å². The molecule has 58 heavy (non-hydrogen) atoms. The van der Waals surface area contributed by atoms with E-state index in [1.165, 1.54) is 80.2 Å². The molecule has 274 valence electrons. The number of nitriles is 4. The number of fused-ring (bicyclic) bond motifs is 3. The molecule has 0 fully saturated rings. The van der Waals surface area contributed by atoms with Gasteiger partial charge >= 0.3 is 0 Å². The van der Waals surface area contributed by atoms with Crippen LogP contribution >= 0.6 is 68.0 Å². The summed E-state index contributed by atoms with van der Waals surface area (Å²) in [5.74, 6) is -0.685. The van der Waals surface area contributed by atoms with Crippen LogP contribution in [0.1, 0.15) is 9.75 Å². The Kier molecular flexibility index (Phi) is 9.99. The summed E-state index contributed by atoms with van der Waals surface area (Å²) in [6.45, 7) is 0. The molecular formula is C46H20F2N4S6. The molecule has 0 saturated heterocycles. The summed E-state index contributed by atoms with van der Waals surface area (Å²) >= 11 is 8.34. The van der Waals surface area contributed by atoms with Gasteiger partial charge < -0.3 is 0 Å². The van der Waals surface area contributed by atoms with E-state index in [0.717, 1.165) is 61.2 Å². The molecule has 0 aliphatic heterocycles. The number of rotatable bonds is 6. The lowest BCUT2D eigenvalue weighted by Gasteiger charge is -2.14. The Morgan fingerprint density at radius 3 is 1.24 bits per heavy atom. The first kappa shape index (κ1) is 37.3. The standard InChI is InChI=1S/C46H20F2N4S6/c47-35-17-31(15-29-11-13-37(53-29)27(21-49)22-50)55-45(35)39-19-33-41(25-7-3-1-4-8-25)42(26-9-5-2-6-10-26)34-20-40(58-44(34)43(33)57-39)46-36(48)18-32(56-46)16-30-12-14-38(54-30)28(23-51)24-52/h1-20H/b29-15+,30-16+. The lowest BCUT2D eigenvalue weighted by Crippen LogP contribution is -1.96. The van der Waals surface area contributed by atoms with Gasteiger partial charge in [0.2, 0.25) is 0 Å². The van der Waals surface area contributed by atoms with Crippen molar-refractivity contribution in [1.82, 2.24) is 0 Å². The van der Waals surface area contributed by atoms with Crippen LogP contribution < -0.4 is 18.1 Å². The van der Waals surface area contributed by atoms with Gasteiger partial charge in [-0.1, -0.05) is 60.7 Å². The number of nitrogens with zero attached hydrogens (tertiary/aromatic N) is 4. The zero-order valence-corrected chi connectivity index (χ0v) is 34.4. The molecular weight excluding hydrogens is 839 g/mol. The summed E-state index contributed by atoms with van der Waals surface area (Å²) in [5, 5.41) is 39.2. The molecule has 6 aromatic heterocycles. The number of benzene rings is 3. The van der Waals surface area contributed by atoms with Crippen molar-refractivity contribution in [3.05, 3.63) is 149 Å². The summed E-state index contributed by atoms with van der Waals surface area (Å²) in [6, 6.07) is 42.3. The molecule has 0 aliphatic rings. The molecule has 12 heteroatoms. The molecule has 0 saturated carbocycles. The Bertz CT molecular complexity index is 3270. The maximum atomic E-state index is 16.0. The predicted octanol–water partition coefficient (Wildman–Crippen LogP) is 11.4. The highest BCUT2D eigenvalue weighted by Gasteiger charge is 2.25. The molecule has 0 unspecified atom stereocenters. The second kappa shape index (κ2) is 15.6. The average molecular weight is 859 g/mol. The van der Waals surface area contributed by atoms with Crippen LogP contribution in [0.3, 0.4) is 0 Å². The SMILES string of the molecule is N#CC(C#N)=c1cc/c(=C\c2cc(F)c(-c3cc4c(-c5ccccc5)c(-c5ccccc5)c5cc(-c6sc(/C=c7\ccc(=C(C#N)C#N)s7)cc6F)sc5c4s3)s2)s1. The fourth-order valence-corrected chi connectivity index (χ4v) is 13.4. The van der Waals surface area contributed by atoms with Gasteiger partial charge in [0.15, 0.2) is 0 Å². The van der Waals surface area contributed by atoms with Gasteiger partial charge in [0, 0.05) is 39.3 Å². The Hall–Kier alpha value is -6.32. The zero-order chi connectivity index (χ0) is 39.9. The van der Waals surface area contributed by atoms with Crippen LogP contribution in [0.2, 0.25) is 0 Å². The Balaban J connectivity index is 1.25.